The van der Waals surface area contributed by atoms with Crippen molar-refractivity contribution in [1.82, 2.24) is 15.6 Å². The summed E-state index contributed by atoms with van der Waals surface area (Å²) >= 11 is 1.62. The van der Waals surface area contributed by atoms with E-state index < -0.39 is 0 Å². The number of hydrogen-bond acceptors (Lipinski definition) is 7. The minimum absolute atomic E-state index is 0.171. The summed E-state index contributed by atoms with van der Waals surface area (Å²) in [4.78, 5) is 19.0. The lowest BCUT2D eigenvalue weighted by Gasteiger charge is -2.21. The number of fused-ring (bicyclic) bond motifs is 2. The molecule has 2 atom stereocenters. The second-order valence-electron chi connectivity index (χ2n) is 8.03. The summed E-state index contributed by atoms with van der Waals surface area (Å²) in [6.07, 6.45) is 0.616. The molecule has 0 saturated carbocycles. The van der Waals surface area contributed by atoms with Gasteiger partial charge in [0.25, 0.3) is 0 Å². The first kappa shape index (κ1) is 20.1. The van der Waals surface area contributed by atoms with E-state index in [2.05, 4.69) is 33.7 Å². The number of pyridine rings is 1. The maximum absolute atomic E-state index is 11.7. The van der Waals surface area contributed by atoms with Crippen molar-refractivity contribution in [2.24, 2.45) is 5.92 Å². The average molecular weight is 439 g/mol. The number of hydrogen-bond donors (Lipinski definition) is 2. The highest BCUT2D eigenvalue weighted by molar-refractivity contribution is 7.21. The predicted molar refractivity (Wildman–Crippen MR) is 123 cm³/mol. The summed E-state index contributed by atoms with van der Waals surface area (Å²) in [6.45, 7) is 3.14. The van der Waals surface area contributed by atoms with Crippen molar-refractivity contribution in [1.29, 1.82) is 0 Å². The van der Waals surface area contributed by atoms with Crippen molar-refractivity contribution in [2.45, 2.75) is 12.5 Å². The maximum Gasteiger partial charge on any atom is 0.220 e. The van der Waals surface area contributed by atoms with Gasteiger partial charge in [0.2, 0.25) is 5.91 Å². The van der Waals surface area contributed by atoms with E-state index in [-0.39, 0.29) is 11.9 Å². The number of amides is 1. The molecule has 2 saturated heterocycles. The predicted octanol–water partition coefficient (Wildman–Crippen LogP) is 2.89. The molecular formula is C23H26N4O3S. The minimum Gasteiger partial charge on any atom is -0.492 e. The lowest BCUT2D eigenvalue weighted by Crippen LogP contribution is -2.32. The third-order valence-corrected chi connectivity index (χ3v) is 7.09. The van der Waals surface area contributed by atoms with Crippen LogP contribution in [0.4, 0.5) is 5.69 Å². The van der Waals surface area contributed by atoms with Crippen LogP contribution >= 0.6 is 11.3 Å². The Morgan fingerprint density at radius 3 is 2.84 bits per heavy atom. The lowest BCUT2D eigenvalue weighted by atomic mass is 10.1. The van der Waals surface area contributed by atoms with Gasteiger partial charge in [-0.2, -0.15) is 0 Å². The van der Waals surface area contributed by atoms with E-state index in [9.17, 15) is 4.79 Å². The Morgan fingerprint density at radius 1 is 1.26 bits per heavy atom. The van der Waals surface area contributed by atoms with Gasteiger partial charge >= 0.3 is 0 Å². The number of anilines is 1. The zero-order chi connectivity index (χ0) is 21.4. The van der Waals surface area contributed by atoms with E-state index in [4.69, 9.17) is 14.5 Å². The van der Waals surface area contributed by atoms with Gasteiger partial charge < -0.3 is 25.0 Å². The second kappa shape index (κ2) is 8.36. The third kappa shape index (κ3) is 3.93. The van der Waals surface area contributed by atoms with Gasteiger partial charge in [-0.1, -0.05) is 11.3 Å². The van der Waals surface area contributed by atoms with Crippen LogP contribution in [-0.2, 0) is 4.79 Å². The molecule has 7 nitrogen and oxygen atoms in total. The number of benzene rings is 1. The smallest absolute Gasteiger partial charge is 0.220 e. The van der Waals surface area contributed by atoms with Crippen molar-refractivity contribution >= 4 is 33.1 Å². The molecule has 2 aromatic heterocycles. The molecule has 0 radical (unpaired) electrons. The highest BCUT2D eigenvalue weighted by atomic mass is 32.1. The number of rotatable bonds is 7. The van der Waals surface area contributed by atoms with Crippen molar-refractivity contribution < 1.29 is 14.3 Å². The normalized spacial score (nSPS) is 20.2. The minimum atomic E-state index is 0.171. The van der Waals surface area contributed by atoms with E-state index in [0.29, 0.717) is 18.9 Å². The zero-order valence-electron chi connectivity index (χ0n) is 17.7. The molecule has 2 fully saturated rings. The molecule has 0 spiro atoms. The van der Waals surface area contributed by atoms with Crippen molar-refractivity contribution in [2.75, 3.05) is 45.3 Å². The molecule has 4 heterocycles. The molecule has 3 aromatic rings. The Labute approximate surface area is 185 Å². The van der Waals surface area contributed by atoms with Crippen LogP contribution in [0.2, 0.25) is 0 Å². The van der Waals surface area contributed by atoms with Crippen LogP contribution in [0.1, 0.15) is 6.42 Å². The van der Waals surface area contributed by atoms with Crippen LogP contribution in [0, 0.1) is 5.92 Å². The Balaban J connectivity index is 1.47. The van der Waals surface area contributed by atoms with Gasteiger partial charge in [-0.05, 0) is 37.4 Å². The summed E-state index contributed by atoms with van der Waals surface area (Å²) in [5.74, 6) is 1.39. The van der Waals surface area contributed by atoms with Gasteiger partial charge in [0.05, 0.1) is 34.7 Å². The highest BCUT2D eigenvalue weighted by Crippen LogP contribution is 2.41. The van der Waals surface area contributed by atoms with Gasteiger partial charge in [0, 0.05) is 43.6 Å². The van der Waals surface area contributed by atoms with Gasteiger partial charge in [-0.25, -0.2) is 4.98 Å². The topological polar surface area (TPSA) is 75.7 Å². The third-order valence-electron chi connectivity index (χ3n) is 5.98. The SMILES string of the molecule is CNCCOc1ccc(-c2cc(N3CC4CC(=O)NC4C3)c3sc(OC)cc3n2)cc1. The summed E-state index contributed by atoms with van der Waals surface area (Å²) < 4.78 is 12.4. The standard InChI is InChI=1S/C23H26N4O3S/c1-24-7-8-30-16-5-3-14(4-6-16)17-10-20(23-18(25-17)11-22(29-2)31-23)27-12-15-9-21(28)26-19(15)13-27/h3-6,10-11,15,19,24H,7-9,12-13H2,1-2H3,(H,26,28). The number of ether oxygens (including phenoxy) is 2. The van der Waals surface area contributed by atoms with Gasteiger partial charge in [0.15, 0.2) is 5.06 Å². The second-order valence-corrected chi connectivity index (χ2v) is 9.04. The molecule has 1 amide bonds. The number of likely N-dealkylation sites (N-methyl/N-ethyl adjacent to an activating group) is 1. The number of nitrogens with zero attached hydrogens (tertiary/aromatic N) is 2. The largest absolute Gasteiger partial charge is 0.492 e. The first-order chi connectivity index (χ1) is 15.1. The quantitative estimate of drug-likeness (QED) is 0.553. The number of carbonyl (C=O) groups is 1. The maximum atomic E-state index is 11.7. The molecule has 2 aliphatic rings. The Kier molecular flexibility index (Phi) is 5.41. The summed E-state index contributed by atoms with van der Waals surface area (Å²) in [7, 11) is 3.60. The first-order valence-electron chi connectivity index (χ1n) is 10.6. The molecule has 2 N–H and O–H groups in total. The lowest BCUT2D eigenvalue weighted by molar-refractivity contribution is -0.119. The number of carbonyl (C=O) groups excluding carboxylic acids is 1. The van der Waals surface area contributed by atoms with E-state index in [0.717, 1.165) is 57.6 Å². The van der Waals surface area contributed by atoms with Crippen molar-refractivity contribution in [3.8, 4) is 22.1 Å². The molecule has 31 heavy (non-hydrogen) atoms. The van der Waals surface area contributed by atoms with Crippen LogP contribution in [-0.4, -0.2) is 57.3 Å². The number of methoxy groups -OCH3 is 1. The summed E-state index contributed by atoms with van der Waals surface area (Å²) in [5.41, 5.74) is 4.06. The number of nitrogens with one attached hydrogen (secondary N) is 2. The van der Waals surface area contributed by atoms with Crippen LogP contribution in [0.5, 0.6) is 10.8 Å². The Hall–Kier alpha value is -2.84. The monoisotopic (exact) mass is 438 g/mol. The van der Waals surface area contributed by atoms with Gasteiger partial charge in [-0.3, -0.25) is 4.79 Å². The fourth-order valence-corrected chi connectivity index (χ4v) is 5.36. The van der Waals surface area contributed by atoms with Crippen LogP contribution < -0.4 is 25.0 Å². The highest BCUT2D eigenvalue weighted by Gasteiger charge is 2.40. The van der Waals surface area contributed by atoms with Gasteiger partial charge in [-0.15, -0.1) is 0 Å². The fourth-order valence-electron chi connectivity index (χ4n) is 4.40. The number of aromatic nitrogens is 1. The van der Waals surface area contributed by atoms with E-state index in [1.807, 2.05) is 25.2 Å². The van der Waals surface area contributed by atoms with Crippen LogP contribution in [0.15, 0.2) is 36.4 Å². The van der Waals surface area contributed by atoms with Crippen LogP contribution in [0.25, 0.3) is 21.5 Å². The van der Waals surface area contributed by atoms with Crippen molar-refractivity contribution in [3.63, 3.8) is 0 Å². The molecule has 0 aliphatic carbocycles. The molecule has 162 valence electrons. The van der Waals surface area contributed by atoms with Crippen molar-refractivity contribution in [3.05, 3.63) is 36.4 Å². The van der Waals surface area contributed by atoms with E-state index >= 15 is 0 Å². The zero-order valence-corrected chi connectivity index (χ0v) is 18.5. The number of thiophene rings is 1. The Bertz CT molecular complexity index is 1080. The average Bonchev–Trinajstić information content (AvgIpc) is 3.46. The molecule has 5 rings (SSSR count). The molecular weight excluding hydrogens is 412 g/mol. The Morgan fingerprint density at radius 2 is 2.10 bits per heavy atom. The fraction of sp³-hybridized carbons (Fsp3) is 0.391. The summed E-state index contributed by atoms with van der Waals surface area (Å²) in [6, 6.07) is 12.5. The molecule has 1 aromatic carbocycles. The molecule has 2 unspecified atom stereocenters. The molecule has 2 aliphatic heterocycles. The van der Waals surface area contributed by atoms with Crippen LogP contribution in [0.3, 0.4) is 0 Å². The van der Waals surface area contributed by atoms with E-state index in [1.165, 1.54) is 0 Å². The molecule has 8 heteroatoms. The summed E-state index contributed by atoms with van der Waals surface area (Å²) in [5, 5.41) is 7.04. The van der Waals surface area contributed by atoms with E-state index in [1.54, 1.807) is 18.4 Å². The first-order valence-corrected chi connectivity index (χ1v) is 11.4. The van der Waals surface area contributed by atoms with Gasteiger partial charge in [0.1, 0.15) is 12.4 Å². The molecule has 0 bridgehead atoms.